The van der Waals surface area contributed by atoms with E-state index in [2.05, 4.69) is 22.5 Å². The maximum Gasteiger partial charge on any atom is 0.255 e. The highest BCUT2D eigenvalue weighted by molar-refractivity contribution is 6.05. The van der Waals surface area contributed by atoms with Gasteiger partial charge in [0.05, 0.1) is 11.8 Å². The lowest BCUT2D eigenvalue weighted by molar-refractivity contribution is 0.102. The number of aromatic nitrogens is 1. The summed E-state index contributed by atoms with van der Waals surface area (Å²) < 4.78 is 5.72. The monoisotopic (exact) mass is 313 g/mol. The van der Waals surface area contributed by atoms with Gasteiger partial charge in [-0.2, -0.15) is 0 Å². The van der Waals surface area contributed by atoms with Crippen molar-refractivity contribution < 1.29 is 9.53 Å². The van der Waals surface area contributed by atoms with Crippen LogP contribution in [0, 0.1) is 0 Å². The number of pyridine rings is 1. The van der Waals surface area contributed by atoms with Crippen LogP contribution in [0.5, 0.6) is 5.75 Å². The van der Waals surface area contributed by atoms with Crippen LogP contribution in [0.2, 0.25) is 0 Å². The van der Waals surface area contributed by atoms with E-state index in [1.165, 1.54) is 0 Å². The number of nitrogens with zero attached hydrogens (tertiary/aromatic N) is 1. The summed E-state index contributed by atoms with van der Waals surface area (Å²) in [6.07, 6.45) is 2.67. The number of amides is 1. The summed E-state index contributed by atoms with van der Waals surface area (Å²) in [5, 5.41) is 6.07. The average Bonchev–Trinajstić information content (AvgIpc) is 2.54. The molecule has 122 valence electrons. The number of carbonyl (C=O) groups is 1. The predicted molar refractivity (Wildman–Crippen MR) is 93.2 cm³/mol. The standard InChI is InChI=1S/C18H23N3O2/c1-4-10-19-17-12-14(9-11-20-17)18(22)21-15-7-5-6-8-16(15)23-13(2)3/h5-9,11-13H,4,10H2,1-3H3,(H,19,20)(H,21,22). The zero-order chi connectivity index (χ0) is 16.7. The van der Waals surface area contributed by atoms with Gasteiger partial charge in [-0.15, -0.1) is 0 Å². The molecule has 1 amide bonds. The molecule has 1 heterocycles. The van der Waals surface area contributed by atoms with Crippen LogP contribution in [0.3, 0.4) is 0 Å². The summed E-state index contributed by atoms with van der Waals surface area (Å²) in [5.74, 6) is 1.17. The molecule has 0 atom stereocenters. The van der Waals surface area contributed by atoms with Crippen LogP contribution in [-0.2, 0) is 0 Å². The van der Waals surface area contributed by atoms with Gasteiger partial charge in [0.1, 0.15) is 11.6 Å². The first-order valence-corrected chi connectivity index (χ1v) is 7.87. The Labute approximate surface area is 137 Å². The number of para-hydroxylation sites is 2. The topological polar surface area (TPSA) is 63.2 Å². The molecule has 2 rings (SSSR count). The number of hydrogen-bond donors (Lipinski definition) is 2. The lowest BCUT2D eigenvalue weighted by atomic mass is 10.2. The maximum atomic E-state index is 12.5. The number of nitrogens with one attached hydrogen (secondary N) is 2. The van der Waals surface area contributed by atoms with Gasteiger partial charge in [0.25, 0.3) is 5.91 Å². The lowest BCUT2D eigenvalue weighted by Gasteiger charge is -2.15. The molecular formula is C18H23N3O2. The van der Waals surface area contributed by atoms with Crippen LogP contribution in [0.4, 0.5) is 11.5 Å². The first kappa shape index (κ1) is 16.8. The fourth-order valence-corrected chi connectivity index (χ4v) is 2.04. The number of carbonyl (C=O) groups excluding carboxylic acids is 1. The van der Waals surface area contributed by atoms with E-state index in [0.717, 1.165) is 13.0 Å². The van der Waals surface area contributed by atoms with E-state index in [1.807, 2.05) is 38.1 Å². The third kappa shape index (κ3) is 4.98. The van der Waals surface area contributed by atoms with Crippen molar-refractivity contribution in [3.8, 4) is 5.75 Å². The Balaban J connectivity index is 2.13. The van der Waals surface area contributed by atoms with Crippen LogP contribution in [0.15, 0.2) is 42.6 Å². The van der Waals surface area contributed by atoms with Gasteiger partial charge in [-0.1, -0.05) is 19.1 Å². The van der Waals surface area contributed by atoms with Crippen LogP contribution >= 0.6 is 0 Å². The van der Waals surface area contributed by atoms with Gasteiger partial charge < -0.3 is 15.4 Å². The minimum atomic E-state index is -0.188. The van der Waals surface area contributed by atoms with Gasteiger partial charge in [-0.3, -0.25) is 4.79 Å². The molecule has 0 radical (unpaired) electrons. The molecule has 0 saturated heterocycles. The second kappa shape index (κ2) is 8.17. The summed E-state index contributed by atoms with van der Waals surface area (Å²) in [7, 11) is 0. The number of hydrogen-bond acceptors (Lipinski definition) is 4. The van der Waals surface area contributed by atoms with Crippen molar-refractivity contribution >= 4 is 17.4 Å². The summed E-state index contributed by atoms with van der Waals surface area (Å²) in [4.78, 5) is 16.7. The Morgan fingerprint density at radius 2 is 2.04 bits per heavy atom. The van der Waals surface area contributed by atoms with Gasteiger partial charge >= 0.3 is 0 Å². The van der Waals surface area contributed by atoms with E-state index in [1.54, 1.807) is 18.3 Å². The summed E-state index contributed by atoms with van der Waals surface area (Å²) in [6.45, 7) is 6.80. The van der Waals surface area contributed by atoms with E-state index in [9.17, 15) is 4.79 Å². The molecule has 0 bridgehead atoms. The minimum absolute atomic E-state index is 0.0406. The van der Waals surface area contributed by atoms with E-state index >= 15 is 0 Å². The molecule has 2 N–H and O–H groups in total. The Kier molecular flexibility index (Phi) is 5.97. The molecule has 2 aromatic rings. The largest absolute Gasteiger partial charge is 0.489 e. The predicted octanol–water partition coefficient (Wildman–Crippen LogP) is 3.94. The highest BCUT2D eigenvalue weighted by Crippen LogP contribution is 2.25. The molecular weight excluding hydrogens is 290 g/mol. The molecule has 0 aliphatic carbocycles. The van der Waals surface area contributed by atoms with Crippen LogP contribution < -0.4 is 15.4 Å². The minimum Gasteiger partial charge on any atom is -0.489 e. The molecule has 0 spiro atoms. The highest BCUT2D eigenvalue weighted by Gasteiger charge is 2.11. The maximum absolute atomic E-state index is 12.5. The normalized spacial score (nSPS) is 10.4. The molecule has 1 aromatic heterocycles. The van der Waals surface area contributed by atoms with Crippen LogP contribution in [0.25, 0.3) is 0 Å². The molecule has 0 fully saturated rings. The van der Waals surface area contributed by atoms with Gasteiger partial charge in [0.15, 0.2) is 0 Å². The van der Waals surface area contributed by atoms with Crippen molar-refractivity contribution in [2.24, 2.45) is 0 Å². The van der Waals surface area contributed by atoms with E-state index in [4.69, 9.17) is 4.74 Å². The SMILES string of the molecule is CCCNc1cc(C(=O)Nc2ccccc2OC(C)C)ccn1. The average molecular weight is 313 g/mol. The first-order valence-electron chi connectivity index (χ1n) is 7.87. The van der Waals surface area contributed by atoms with Crippen molar-refractivity contribution in [1.29, 1.82) is 0 Å². The van der Waals surface area contributed by atoms with E-state index in [0.29, 0.717) is 22.8 Å². The van der Waals surface area contributed by atoms with Gasteiger partial charge in [-0.25, -0.2) is 4.98 Å². The highest BCUT2D eigenvalue weighted by atomic mass is 16.5. The quantitative estimate of drug-likeness (QED) is 0.812. The zero-order valence-electron chi connectivity index (χ0n) is 13.8. The second-order valence-corrected chi connectivity index (χ2v) is 5.47. The van der Waals surface area contributed by atoms with E-state index in [-0.39, 0.29) is 12.0 Å². The molecule has 0 unspecified atom stereocenters. The summed E-state index contributed by atoms with van der Waals surface area (Å²) >= 11 is 0. The number of anilines is 2. The Hall–Kier alpha value is -2.56. The van der Waals surface area contributed by atoms with Crippen molar-refractivity contribution in [3.63, 3.8) is 0 Å². The zero-order valence-corrected chi connectivity index (χ0v) is 13.8. The Morgan fingerprint density at radius 3 is 2.78 bits per heavy atom. The first-order chi connectivity index (χ1) is 11.1. The smallest absolute Gasteiger partial charge is 0.255 e. The molecule has 5 heteroatoms. The fourth-order valence-electron chi connectivity index (χ4n) is 2.04. The van der Waals surface area contributed by atoms with Gasteiger partial charge in [-0.05, 0) is 44.5 Å². The molecule has 0 saturated carbocycles. The van der Waals surface area contributed by atoms with Crippen molar-refractivity contribution in [1.82, 2.24) is 4.98 Å². The third-order valence-corrected chi connectivity index (χ3v) is 3.08. The third-order valence-electron chi connectivity index (χ3n) is 3.08. The number of rotatable bonds is 7. The molecule has 1 aromatic carbocycles. The van der Waals surface area contributed by atoms with Crippen LogP contribution in [0.1, 0.15) is 37.6 Å². The molecule has 5 nitrogen and oxygen atoms in total. The summed E-state index contributed by atoms with van der Waals surface area (Å²) in [5.41, 5.74) is 1.21. The molecule has 23 heavy (non-hydrogen) atoms. The summed E-state index contributed by atoms with van der Waals surface area (Å²) in [6, 6.07) is 10.9. The number of benzene rings is 1. The van der Waals surface area contributed by atoms with Gasteiger partial charge in [0, 0.05) is 18.3 Å². The van der Waals surface area contributed by atoms with Crippen LogP contribution in [-0.4, -0.2) is 23.5 Å². The van der Waals surface area contributed by atoms with Crippen molar-refractivity contribution in [3.05, 3.63) is 48.2 Å². The van der Waals surface area contributed by atoms with E-state index < -0.39 is 0 Å². The Bertz CT molecular complexity index is 656. The lowest BCUT2D eigenvalue weighted by Crippen LogP contribution is -2.15. The second-order valence-electron chi connectivity index (χ2n) is 5.47. The molecule has 0 aliphatic heterocycles. The van der Waals surface area contributed by atoms with Crippen molar-refractivity contribution in [2.45, 2.75) is 33.3 Å². The fraction of sp³-hybridized carbons (Fsp3) is 0.333. The number of ether oxygens (including phenoxy) is 1. The van der Waals surface area contributed by atoms with Crippen molar-refractivity contribution in [2.75, 3.05) is 17.2 Å². The van der Waals surface area contributed by atoms with Gasteiger partial charge in [0.2, 0.25) is 0 Å². The Morgan fingerprint density at radius 1 is 1.26 bits per heavy atom. The molecule has 0 aliphatic rings.